The van der Waals surface area contributed by atoms with E-state index in [0.29, 0.717) is 5.57 Å². The molecule has 0 aliphatic heterocycles. The molecule has 0 bridgehead atoms. The van der Waals surface area contributed by atoms with Crippen molar-refractivity contribution in [2.75, 3.05) is 32.1 Å². The van der Waals surface area contributed by atoms with Crippen molar-refractivity contribution in [1.29, 1.82) is 5.26 Å². The predicted molar refractivity (Wildman–Crippen MR) is 97.8 cm³/mol. The Labute approximate surface area is 148 Å². The normalized spacial score (nSPS) is 10.6. The van der Waals surface area contributed by atoms with Crippen LogP contribution >= 0.6 is 0 Å². The number of hydrogen-bond donors (Lipinski definition) is 1. The van der Waals surface area contributed by atoms with E-state index in [1.54, 1.807) is 6.92 Å². The lowest BCUT2D eigenvalue weighted by Gasteiger charge is -2.12. The third-order valence-electron chi connectivity index (χ3n) is 3.18. The number of esters is 1. The molecule has 0 aliphatic rings. The van der Waals surface area contributed by atoms with Gasteiger partial charge in [0.1, 0.15) is 18.2 Å². The van der Waals surface area contributed by atoms with Crippen LogP contribution in [0.2, 0.25) is 0 Å². The van der Waals surface area contributed by atoms with Crippen LogP contribution in [-0.2, 0) is 14.3 Å². The summed E-state index contributed by atoms with van der Waals surface area (Å²) < 4.78 is 4.95. The lowest BCUT2D eigenvalue weighted by atomic mass is 10.1. The molecule has 0 unspecified atom stereocenters. The van der Waals surface area contributed by atoms with Gasteiger partial charge in [-0.15, -0.1) is 0 Å². The van der Waals surface area contributed by atoms with Crippen LogP contribution in [0.15, 0.2) is 42.0 Å². The van der Waals surface area contributed by atoms with Gasteiger partial charge in [0, 0.05) is 19.8 Å². The molecule has 0 spiro atoms. The topological polar surface area (TPSA) is 82.4 Å². The van der Waals surface area contributed by atoms with Crippen molar-refractivity contribution in [1.82, 2.24) is 5.32 Å². The number of benzene rings is 1. The maximum Gasteiger partial charge on any atom is 0.309 e. The highest BCUT2D eigenvalue weighted by Crippen LogP contribution is 2.14. The average molecular weight is 341 g/mol. The summed E-state index contributed by atoms with van der Waals surface area (Å²) in [5, 5.41) is 11.7. The molecule has 1 rings (SSSR count). The van der Waals surface area contributed by atoms with Gasteiger partial charge in [0.15, 0.2) is 0 Å². The van der Waals surface area contributed by atoms with Crippen LogP contribution < -0.4 is 10.2 Å². The second-order valence-corrected chi connectivity index (χ2v) is 5.77. The van der Waals surface area contributed by atoms with E-state index in [9.17, 15) is 9.59 Å². The number of ether oxygens (including phenoxy) is 1. The first-order chi connectivity index (χ1) is 11.8. The van der Waals surface area contributed by atoms with Crippen molar-refractivity contribution in [3.05, 3.63) is 47.6 Å². The minimum Gasteiger partial charge on any atom is -0.464 e. The highest BCUT2D eigenvalue weighted by molar-refractivity contribution is 6.01. The van der Waals surface area contributed by atoms with Gasteiger partial charge < -0.3 is 15.0 Å². The number of nitriles is 1. The molecule has 1 amide bonds. The zero-order valence-electron chi connectivity index (χ0n) is 14.8. The second kappa shape index (κ2) is 9.93. The van der Waals surface area contributed by atoms with Crippen LogP contribution in [-0.4, -0.2) is 39.1 Å². The van der Waals surface area contributed by atoms with Gasteiger partial charge in [-0.2, -0.15) is 5.26 Å². The summed E-state index contributed by atoms with van der Waals surface area (Å²) in [6.45, 7) is 5.55. The Kier molecular flexibility index (Phi) is 7.94. The number of anilines is 1. The van der Waals surface area contributed by atoms with Crippen LogP contribution in [0.25, 0.3) is 6.08 Å². The van der Waals surface area contributed by atoms with Crippen LogP contribution in [0.1, 0.15) is 18.9 Å². The standard InChI is InChI=1S/C19H23N3O3/c1-14(2)11-18(23)25-10-9-21-19(24)16(13-20)12-15-5-7-17(8-6-15)22(3)4/h5-8,12H,1,9-11H2,2-4H3,(H,21,24)/b16-12+. The summed E-state index contributed by atoms with van der Waals surface area (Å²) in [5.41, 5.74) is 2.48. The minimum absolute atomic E-state index is 0.00846. The van der Waals surface area contributed by atoms with E-state index in [1.165, 1.54) is 6.08 Å². The fourth-order valence-corrected chi connectivity index (χ4v) is 1.91. The fourth-order valence-electron chi connectivity index (χ4n) is 1.91. The van der Waals surface area contributed by atoms with E-state index < -0.39 is 11.9 Å². The van der Waals surface area contributed by atoms with Crippen molar-refractivity contribution in [2.24, 2.45) is 0 Å². The number of carbonyl (C=O) groups is 2. The highest BCUT2D eigenvalue weighted by Gasteiger charge is 2.09. The fraction of sp³-hybridized carbons (Fsp3) is 0.316. The van der Waals surface area contributed by atoms with Crippen molar-refractivity contribution < 1.29 is 14.3 Å². The molecule has 0 saturated heterocycles. The molecule has 6 nitrogen and oxygen atoms in total. The molecule has 25 heavy (non-hydrogen) atoms. The van der Waals surface area contributed by atoms with Gasteiger partial charge >= 0.3 is 5.97 Å². The number of nitrogens with one attached hydrogen (secondary N) is 1. The molecule has 1 aromatic rings. The van der Waals surface area contributed by atoms with E-state index in [4.69, 9.17) is 10.00 Å². The summed E-state index contributed by atoms with van der Waals surface area (Å²) in [7, 11) is 3.87. The maximum atomic E-state index is 12.0. The lowest BCUT2D eigenvalue weighted by Crippen LogP contribution is -2.28. The molecule has 0 fully saturated rings. The number of rotatable bonds is 8. The van der Waals surface area contributed by atoms with Crippen LogP contribution in [0, 0.1) is 11.3 Å². The van der Waals surface area contributed by atoms with E-state index in [2.05, 4.69) is 11.9 Å². The van der Waals surface area contributed by atoms with Crippen molar-refractivity contribution in [3.63, 3.8) is 0 Å². The van der Waals surface area contributed by atoms with Gasteiger partial charge in [0.2, 0.25) is 0 Å². The van der Waals surface area contributed by atoms with E-state index in [-0.39, 0.29) is 25.1 Å². The molecule has 1 N–H and O–H groups in total. The Bertz CT molecular complexity index is 698. The van der Waals surface area contributed by atoms with Crippen molar-refractivity contribution in [2.45, 2.75) is 13.3 Å². The average Bonchev–Trinajstić information content (AvgIpc) is 2.56. The van der Waals surface area contributed by atoms with Crippen molar-refractivity contribution in [3.8, 4) is 6.07 Å². The Morgan fingerprint density at radius 3 is 2.48 bits per heavy atom. The molecule has 0 atom stereocenters. The Morgan fingerprint density at radius 1 is 1.32 bits per heavy atom. The quantitative estimate of drug-likeness (QED) is 0.258. The first kappa shape index (κ1) is 20.0. The monoisotopic (exact) mass is 341 g/mol. The predicted octanol–water partition coefficient (Wildman–Crippen LogP) is 2.29. The van der Waals surface area contributed by atoms with Gasteiger partial charge in [-0.1, -0.05) is 24.3 Å². The molecule has 0 heterocycles. The highest BCUT2D eigenvalue weighted by atomic mass is 16.5. The Balaban J connectivity index is 2.55. The van der Waals surface area contributed by atoms with E-state index in [0.717, 1.165) is 11.3 Å². The molecule has 0 radical (unpaired) electrons. The second-order valence-electron chi connectivity index (χ2n) is 5.77. The van der Waals surface area contributed by atoms with Gasteiger partial charge in [-0.3, -0.25) is 9.59 Å². The lowest BCUT2D eigenvalue weighted by molar-refractivity contribution is -0.143. The smallest absolute Gasteiger partial charge is 0.309 e. The Morgan fingerprint density at radius 2 is 1.96 bits per heavy atom. The van der Waals surface area contributed by atoms with Crippen LogP contribution in [0.4, 0.5) is 5.69 Å². The number of nitrogens with zero attached hydrogens (tertiary/aromatic N) is 2. The summed E-state index contributed by atoms with van der Waals surface area (Å²) >= 11 is 0. The first-order valence-electron chi connectivity index (χ1n) is 7.81. The first-order valence-corrected chi connectivity index (χ1v) is 7.81. The molecule has 0 aliphatic carbocycles. The number of hydrogen-bond acceptors (Lipinski definition) is 5. The summed E-state index contributed by atoms with van der Waals surface area (Å²) in [6.07, 6.45) is 1.67. The van der Waals surface area contributed by atoms with Gasteiger partial charge in [0.25, 0.3) is 5.91 Å². The molecule has 0 saturated carbocycles. The zero-order chi connectivity index (χ0) is 18.8. The number of amides is 1. The summed E-state index contributed by atoms with van der Waals surface area (Å²) in [4.78, 5) is 25.3. The van der Waals surface area contributed by atoms with Gasteiger partial charge in [-0.05, 0) is 30.7 Å². The van der Waals surface area contributed by atoms with Gasteiger partial charge in [0.05, 0.1) is 13.0 Å². The molecule has 6 heteroatoms. The third-order valence-corrected chi connectivity index (χ3v) is 3.18. The molecular formula is C19H23N3O3. The van der Waals surface area contributed by atoms with Crippen LogP contribution in [0.3, 0.4) is 0 Å². The summed E-state index contributed by atoms with van der Waals surface area (Å²) in [6, 6.07) is 9.35. The van der Waals surface area contributed by atoms with Crippen LogP contribution in [0.5, 0.6) is 0 Å². The Hall–Kier alpha value is -3.07. The molecule has 1 aromatic carbocycles. The molecule has 132 valence electrons. The third kappa shape index (κ3) is 7.36. The summed E-state index contributed by atoms with van der Waals surface area (Å²) in [5.74, 6) is -0.895. The minimum atomic E-state index is -0.505. The largest absolute Gasteiger partial charge is 0.464 e. The maximum absolute atomic E-state index is 12.0. The van der Waals surface area contributed by atoms with Crippen molar-refractivity contribution >= 4 is 23.6 Å². The van der Waals surface area contributed by atoms with E-state index >= 15 is 0 Å². The molecule has 0 aromatic heterocycles. The number of carbonyl (C=O) groups excluding carboxylic acids is 2. The van der Waals surface area contributed by atoms with E-state index in [1.807, 2.05) is 49.3 Å². The zero-order valence-corrected chi connectivity index (χ0v) is 14.8. The van der Waals surface area contributed by atoms with Gasteiger partial charge in [-0.25, -0.2) is 0 Å². The SMILES string of the molecule is C=C(C)CC(=O)OCCNC(=O)/C(C#N)=C/c1ccc(N(C)C)cc1. The molecular weight excluding hydrogens is 318 g/mol.